The molecule has 1 rings (SSSR count). The lowest BCUT2D eigenvalue weighted by atomic mass is 9.96. The van der Waals surface area contributed by atoms with Crippen LogP contribution in [0.2, 0.25) is 0 Å². The first-order valence-electron chi connectivity index (χ1n) is 5.79. The van der Waals surface area contributed by atoms with E-state index in [2.05, 4.69) is 26.8 Å². The zero-order valence-corrected chi connectivity index (χ0v) is 10.2. The van der Waals surface area contributed by atoms with E-state index in [4.69, 9.17) is 4.74 Å². The van der Waals surface area contributed by atoms with Crippen LogP contribution >= 0.6 is 0 Å². The maximum absolute atomic E-state index is 10.4. The Morgan fingerprint density at radius 1 is 1.38 bits per heavy atom. The van der Waals surface area contributed by atoms with Gasteiger partial charge in [0.2, 0.25) is 0 Å². The van der Waals surface area contributed by atoms with E-state index in [0.29, 0.717) is 0 Å². The molecule has 0 heterocycles. The van der Waals surface area contributed by atoms with Gasteiger partial charge < -0.3 is 4.74 Å². The second kappa shape index (κ2) is 6.31. The Labute approximate surface area is 97.6 Å². The molecule has 2 nitrogen and oxygen atoms in total. The summed E-state index contributed by atoms with van der Waals surface area (Å²) in [5, 5.41) is 0. The summed E-state index contributed by atoms with van der Waals surface area (Å²) in [6.45, 7) is 7.84. The van der Waals surface area contributed by atoms with E-state index in [-0.39, 0.29) is 6.10 Å². The lowest BCUT2D eigenvalue weighted by molar-refractivity contribution is 0.166. The minimum absolute atomic E-state index is 0.141. The van der Waals surface area contributed by atoms with Crippen LogP contribution in [0, 0.1) is 13.8 Å². The number of ether oxygens (including phenoxy) is 1. The summed E-state index contributed by atoms with van der Waals surface area (Å²) in [6, 6.07) is 6.10. The zero-order valence-electron chi connectivity index (χ0n) is 10.2. The van der Waals surface area contributed by atoms with Gasteiger partial charge in [0, 0.05) is 0 Å². The Morgan fingerprint density at radius 3 is 2.75 bits per heavy atom. The van der Waals surface area contributed by atoms with E-state index in [0.717, 1.165) is 24.8 Å². The number of carbonyl (C=O) groups excluding carboxylic acids is 1. The predicted molar refractivity (Wildman–Crippen MR) is 65.0 cm³/mol. The van der Waals surface area contributed by atoms with Gasteiger partial charge in [-0.05, 0) is 43.4 Å². The molecule has 0 fully saturated rings. The Kier molecular flexibility index (Phi) is 5.03. The Balaban J connectivity index is 2.91. The van der Waals surface area contributed by atoms with Crippen LogP contribution in [0.3, 0.4) is 0 Å². The molecular formula is C14H19O2. The highest BCUT2D eigenvalue weighted by molar-refractivity contribution is 5.41. The predicted octanol–water partition coefficient (Wildman–Crippen LogP) is 3.62. The Bertz CT molecular complexity index is 345. The van der Waals surface area contributed by atoms with Crippen molar-refractivity contribution >= 4 is 6.47 Å². The fraction of sp³-hybridized carbons (Fsp3) is 0.500. The van der Waals surface area contributed by atoms with Crippen molar-refractivity contribution in [2.75, 3.05) is 0 Å². The largest absolute Gasteiger partial charge is 0.449 e. The van der Waals surface area contributed by atoms with Crippen LogP contribution in [0.1, 0.15) is 49.0 Å². The van der Waals surface area contributed by atoms with Crippen LogP contribution in [0.4, 0.5) is 0 Å². The van der Waals surface area contributed by atoms with E-state index >= 15 is 0 Å². The van der Waals surface area contributed by atoms with E-state index < -0.39 is 0 Å². The Morgan fingerprint density at radius 2 is 2.12 bits per heavy atom. The summed E-state index contributed by atoms with van der Waals surface area (Å²) in [6.07, 6.45) is 2.89. The first-order chi connectivity index (χ1) is 7.70. The van der Waals surface area contributed by atoms with Crippen molar-refractivity contribution in [3.8, 4) is 0 Å². The van der Waals surface area contributed by atoms with Crippen molar-refractivity contribution in [1.82, 2.24) is 0 Å². The maximum atomic E-state index is 10.4. The molecule has 0 amide bonds. The zero-order chi connectivity index (χ0) is 12.0. The number of hydrogen-bond donors (Lipinski definition) is 0. The molecule has 2 heteroatoms. The van der Waals surface area contributed by atoms with Gasteiger partial charge in [0.1, 0.15) is 6.10 Å². The van der Waals surface area contributed by atoms with Gasteiger partial charge >= 0.3 is 6.47 Å². The number of aryl methyl sites for hydroxylation is 1. The molecule has 0 aliphatic carbocycles. The molecule has 0 bridgehead atoms. The van der Waals surface area contributed by atoms with Gasteiger partial charge in [-0.2, -0.15) is 0 Å². The van der Waals surface area contributed by atoms with Crippen LogP contribution in [-0.2, 0) is 9.53 Å². The molecule has 0 aliphatic heterocycles. The smallest absolute Gasteiger partial charge is 0.418 e. The van der Waals surface area contributed by atoms with Crippen LogP contribution in [0.15, 0.2) is 18.2 Å². The third kappa shape index (κ3) is 3.09. The summed E-state index contributed by atoms with van der Waals surface area (Å²) in [7, 11) is 0. The topological polar surface area (TPSA) is 26.3 Å². The fourth-order valence-electron chi connectivity index (χ4n) is 1.85. The molecule has 1 atom stereocenters. The molecule has 87 valence electrons. The van der Waals surface area contributed by atoms with Gasteiger partial charge in [0.15, 0.2) is 0 Å². The second-order valence-electron chi connectivity index (χ2n) is 4.12. The normalized spacial score (nSPS) is 12.2. The molecule has 1 radical (unpaired) electrons. The van der Waals surface area contributed by atoms with E-state index in [1.165, 1.54) is 11.1 Å². The van der Waals surface area contributed by atoms with Gasteiger partial charge in [0.25, 0.3) is 0 Å². The molecule has 0 saturated carbocycles. The number of unbranched alkanes of at least 4 members (excludes halogenated alkanes) is 1. The maximum Gasteiger partial charge on any atom is 0.418 e. The number of benzene rings is 1. The highest BCUT2D eigenvalue weighted by atomic mass is 16.5. The minimum atomic E-state index is -0.141. The highest BCUT2D eigenvalue weighted by Crippen LogP contribution is 2.27. The number of rotatable bonds is 6. The summed E-state index contributed by atoms with van der Waals surface area (Å²) >= 11 is 0. The molecule has 0 aromatic heterocycles. The second-order valence-corrected chi connectivity index (χ2v) is 4.12. The first kappa shape index (κ1) is 12.8. The molecule has 0 N–H and O–H groups in total. The fourth-order valence-corrected chi connectivity index (χ4v) is 1.85. The van der Waals surface area contributed by atoms with Crippen molar-refractivity contribution < 1.29 is 9.53 Å². The lowest BCUT2D eigenvalue weighted by Gasteiger charge is -2.18. The monoisotopic (exact) mass is 219 g/mol. The van der Waals surface area contributed by atoms with Crippen LogP contribution in [0.5, 0.6) is 0 Å². The quantitative estimate of drug-likeness (QED) is 0.730. The van der Waals surface area contributed by atoms with Crippen LogP contribution < -0.4 is 0 Å². The average Bonchev–Trinajstić information content (AvgIpc) is 2.28. The Hall–Kier alpha value is -1.31. The highest BCUT2D eigenvalue weighted by Gasteiger charge is 2.15. The molecular weight excluding hydrogens is 200 g/mol. The van der Waals surface area contributed by atoms with Crippen LogP contribution in [-0.4, -0.2) is 6.47 Å². The summed E-state index contributed by atoms with van der Waals surface area (Å²) < 4.78 is 5.06. The van der Waals surface area contributed by atoms with E-state index in [1.807, 2.05) is 12.1 Å². The standard InChI is InChI=1S/C14H19O2/c1-4-5-9-14(16-10-15)13-8-6-7-11(2)12(13)3/h6-8,14H,4-5,9H2,1-3H3. The minimum Gasteiger partial charge on any atom is -0.449 e. The molecule has 1 unspecified atom stereocenters. The van der Waals surface area contributed by atoms with Crippen molar-refractivity contribution in [2.24, 2.45) is 0 Å². The van der Waals surface area contributed by atoms with Crippen LogP contribution in [0.25, 0.3) is 0 Å². The van der Waals surface area contributed by atoms with E-state index in [1.54, 1.807) is 6.47 Å². The van der Waals surface area contributed by atoms with Crippen molar-refractivity contribution in [2.45, 2.75) is 46.1 Å². The molecule has 0 spiro atoms. The van der Waals surface area contributed by atoms with Crippen molar-refractivity contribution in [3.05, 3.63) is 34.9 Å². The van der Waals surface area contributed by atoms with Crippen molar-refractivity contribution in [1.29, 1.82) is 0 Å². The first-order valence-corrected chi connectivity index (χ1v) is 5.79. The van der Waals surface area contributed by atoms with E-state index in [9.17, 15) is 4.79 Å². The summed E-state index contributed by atoms with van der Waals surface area (Å²) in [4.78, 5) is 10.4. The third-order valence-electron chi connectivity index (χ3n) is 3.00. The average molecular weight is 219 g/mol. The van der Waals surface area contributed by atoms with Gasteiger partial charge in [-0.3, -0.25) is 0 Å². The third-order valence-corrected chi connectivity index (χ3v) is 3.00. The summed E-state index contributed by atoms with van der Waals surface area (Å²) in [5.74, 6) is 0. The molecule has 0 aliphatic rings. The SMILES string of the molecule is CCCCC(O[C]=O)c1cccc(C)c1C. The number of hydrogen-bond acceptors (Lipinski definition) is 2. The lowest BCUT2D eigenvalue weighted by Crippen LogP contribution is -2.06. The molecule has 0 saturated heterocycles. The molecule has 1 aromatic carbocycles. The molecule has 16 heavy (non-hydrogen) atoms. The van der Waals surface area contributed by atoms with Gasteiger partial charge in [-0.25, -0.2) is 4.79 Å². The summed E-state index contributed by atoms with van der Waals surface area (Å²) in [5.41, 5.74) is 3.55. The van der Waals surface area contributed by atoms with Crippen molar-refractivity contribution in [3.63, 3.8) is 0 Å². The van der Waals surface area contributed by atoms with Gasteiger partial charge in [-0.15, -0.1) is 0 Å². The van der Waals surface area contributed by atoms with Gasteiger partial charge in [-0.1, -0.05) is 31.5 Å². The molecule has 1 aromatic rings. The van der Waals surface area contributed by atoms with Gasteiger partial charge in [0.05, 0.1) is 0 Å².